The van der Waals surface area contributed by atoms with Crippen molar-refractivity contribution >= 4 is 0 Å². The van der Waals surface area contributed by atoms with E-state index in [1.165, 1.54) is 32.4 Å². The molecule has 1 heterocycles. The Morgan fingerprint density at radius 2 is 1.88 bits per heavy atom. The maximum absolute atomic E-state index is 3.46. The second-order valence-electron chi connectivity index (χ2n) is 5.00. The van der Waals surface area contributed by atoms with Crippen LogP contribution in [0.2, 0.25) is 0 Å². The van der Waals surface area contributed by atoms with Gasteiger partial charge in [-0.1, -0.05) is 30.0 Å². The summed E-state index contributed by atoms with van der Waals surface area (Å²) in [5.74, 6) is 7.43. The van der Waals surface area contributed by atoms with E-state index in [-0.39, 0.29) is 0 Å². The molecule has 1 saturated carbocycles. The van der Waals surface area contributed by atoms with Crippen molar-refractivity contribution in [2.45, 2.75) is 19.3 Å². The molecule has 1 aliphatic carbocycles. The molecule has 1 N–H and O–H groups in total. The van der Waals surface area contributed by atoms with E-state index in [4.69, 9.17) is 0 Å². The Kier molecular flexibility index (Phi) is 2.46. The average molecular weight is 211 g/mol. The van der Waals surface area contributed by atoms with Gasteiger partial charge in [-0.15, -0.1) is 0 Å². The minimum Gasteiger partial charge on any atom is -0.317 e. The Morgan fingerprint density at radius 1 is 1.12 bits per heavy atom. The molecule has 0 radical (unpaired) electrons. The molecule has 1 saturated heterocycles. The van der Waals surface area contributed by atoms with Crippen molar-refractivity contribution in [2.24, 2.45) is 11.3 Å². The Labute approximate surface area is 97.3 Å². The fourth-order valence-electron chi connectivity index (χ4n) is 2.72. The molecule has 3 rings (SSSR count). The molecule has 1 heteroatoms. The zero-order valence-corrected chi connectivity index (χ0v) is 9.50. The topological polar surface area (TPSA) is 12.0 Å². The molecule has 1 aromatic rings. The van der Waals surface area contributed by atoms with E-state index in [1.54, 1.807) is 0 Å². The summed E-state index contributed by atoms with van der Waals surface area (Å²) in [6, 6.07) is 10.3. The Balaban J connectivity index is 1.67. The van der Waals surface area contributed by atoms with Crippen molar-refractivity contribution in [1.82, 2.24) is 5.32 Å². The quantitative estimate of drug-likeness (QED) is 0.650. The smallest absolute Gasteiger partial charge is 0.0270 e. The molecule has 1 unspecified atom stereocenters. The number of benzene rings is 1. The van der Waals surface area contributed by atoms with Gasteiger partial charge >= 0.3 is 0 Å². The number of nitrogens with one attached hydrogen (secondary N) is 1. The summed E-state index contributed by atoms with van der Waals surface area (Å²) in [5.41, 5.74) is 1.74. The first-order chi connectivity index (χ1) is 7.89. The SMILES string of the molecule is C(#CC1CC12CCNCC2)c1ccccc1. The molecule has 1 aromatic carbocycles. The van der Waals surface area contributed by atoms with Crippen molar-refractivity contribution in [3.05, 3.63) is 35.9 Å². The molecule has 2 fully saturated rings. The van der Waals surface area contributed by atoms with Crippen LogP contribution >= 0.6 is 0 Å². The normalized spacial score (nSPS) is 25.9. The van der Waals surface area contributed by atoms with Gasteiger partial charge in [-0.05, 0) is 49.9 Å². The van der Waals surface area contributed by atoms with Crippen LogP contribution < -0.4 is 5.32 Å². The van der Waals surface area contributed by atoms with E-state index in [9.17, 15) is 0 Å². The largest absolute Gasteiger partial charge is 0.317 e. The third-order valence-electron chi connectivity index (χ3n) is 3.95. The van der Waals surface area contributed by atoms with Crippen molar-refractivity contribution in [1.29, 1.82) is 0 Å². The number of hydrogen-bond acceptors (Lipinski definition) is 1. The second kappa shape index (κ2) is 3.96. The van der Waals surface area contributed by atoms with Crippen LogP contribution in [0.5, 0.6) is 0 Å². The Morgan fingerprint density at radius 3 is 2.62 bits per heavy atom. The highest BCUT2D eigenvalue weighted by Crippen LogP contribution is 2.58. The number of rotatable bonds is 0. The first kappa shape index (κ1) is 9.93. The lowest BCUT2D eigenvalue weighted by molar-refractivity contribution is 0.339. The highest BCUT2D eigenvalue weighted by Gasteiger charge is 2.52. The lowest BCUT2D eigenvalue weighted by Crippen LogP contribution is -2.29. The minimum atomic E-state index is 0.590. The molecule has 1 nitrogen and oxygen atoms in total. The molecule has 1 spiro atoms. The van der Waals surface area contributed by atoms with E-state index < -0.39 is 0 Å². The molecule has 0 bridgehead atoms. The molecule has 82 valence electrons. The van der Waals surface area contributed by atoms with Gasteiger partial charge in [0.2, 0.25) is 0 Å². The third kappa shape index (κ3) is 1.86. The molecule has 0 aromatic heterocycles. The average Bonchev–Trinajstić information content (AvgIpc) is 3.01. The second-order valence-corrected chi connectivity index (χ2v) is 5.00. The van der Waals surface area contributed by atoms with Crippen LogP contribution in [-0.2, 0) is 0 Å². The van der Waals surface area contributed by atoms with E-state index in [2.05, 4.69) is 41.4 Å². The molecule has 2 aliphatic rings. The van der Waals surface area contributed by atoms with E-state index >= 15 is 0 Å². The van der Waals surface area contributed by atoms with Gasteiger partial charge in [-0.25, -0.2) is 0 Å². The maximum atomic E-state index is 3.46. The van der Waals surface area contributed by atoms with Crippen molar-refractivity contribution in [3.8, 4) is 11.8 Å². The highest BCUT2D eigenvalue weighted by molar-refractivity contribution is 5.36. The number of hydrogen-bond donors (Lipinski definition) is 1. The van der Waals surface area contributed by atoms with E-state index in [1.807, 2.05) is 6.07 Å². The standard InChI is InChI=1S/C15H17N/c1-2-4-13(5-3-1)6-7-14-12-15(14)8-10-16-11-9-15/h1-5,14,16H,8-12H2. The van der Waals surface area contributed by atoms with Crippen molar-refractivity contribution < 1.29 is 0 Å². The van der Waals surface area contributed by atoms with Crippen molar-refractivity contribution in [3.63, 3.8) is 0 Å². The van der Waals surface area contributed by atoms with Crippen LogP contribution in [0, 0.1) is 23.2 Å². The third-order valence-corrected chi connectivity index (χ3v) is 3.95. The summed E-state index contributed by atoms with van der Waals surface area (Å²) < 4.78 is 0. The molecular formula is C15H17N. The van der Waals surface area contributed by atoms with E-state index in [0.717, 1.165) is 5.56 Å². The molecular weight excluding hydrogens is 194 g/mol. The van der Waals surface area contributed by atoms with Gasteiger partial charge in [0.05, 0.1) is 0 Å². The van der Waals surface area contributed by atoms with Crippen LogP contribution in [0.4, 0.5) is 0 Å². The van der Waals surface area contributed by atoms with E-state index in [0.29, 0.717) is 11.3 Å². The predicted octanol–water partition coefficient (Wildman–Crippen LogP) is 2.43. The summed E-state index contributed by atoms with van der Waals surface area (Å²) in [4.78, 5) is 0. The minimum absolute atomic E-state index is 0.590. The van der Waals surface area contributed by atoms with Gasteiger partial charge in [0.15, 0.2) is 0 Å². The monoisotopic (exact) mass is 211 g/mol. The van der Waals surface area contributed by atoms with Crippen LogP contribution in [0.25, 0.3) is 0 Å². The molecule has 1 aliphatic heterocycles. The van der Waals surface area contributed by atoms with Crippen molar-refractivity contribution in [2.75, 3.05) is 13.1 Å². The fraction of sp³-hybridized carbons (Fsp3) is 0.467. The molecule has 0 amide bonds. The summed E-state index contributed by atoms with van der Waals surface area (Å²) >= 11 is 0. The highest BCUT2D eigenvalue weighted by atomic mass is 14.9. The Hall–Kier alpha value is -1.26. The predicted molar refractivity (Wildman–Crippen MR) is 66.0 cm³/mol. The first-order valence-electron chi connectivity index (χ1n) is 6.16. The van der Waals surface area contributed by atoms with Gasteiger partial charge in [-0.2, -0.15) is 0 Å². The summed E-state index contributed by atoms with van der Waals surface area (Å²) in [5, 5.41) is 3.43. The maximum Gasteiger partial charge on any atom is 0.0270 e. The van der Waals surface area contributed by atoms with Gasteiger partial charge in [0, 0.05) is 11.5 Å². The van der Waals surface area contributed by atoms with Crippen LogP contribution in [0.15, 0.2) is 30.3 Å². The fourth-order valence-corrected chi connectivity index (χ4v) is 2.72. The Bertz CT molecular complexity index is 418. The zero-order valence-electron chi connectivity index (χ0n) is 9.50. The van der Waals surface area contributed by atoms with Crippen LogP contribution in [0.1, 0.15) is 24.8 Å². The van der Waals surface area contributed by atoms with Gasteiger partial charge in [0.1, 0.15) is 0 Å². The van der Waals surface area contributed by atoms with Crippen LogP contribution in [-0.4, -0.2) is 13.1 Å². The van der Waals surface area contributed by atoms with Crippen LogP contribution in [0.3, 0.4) is 0 Å². The summed E-state index contributed by atoms with van der Waals surface area (Å²) in [7, 11) is 0. The zero-order chi connectivity index (χ0) is 10.8. The van der Waals surface area contributed by atoms with Gasteiger partial charge < -0.3 is 5.32 Å². The summed E-state index contributed by atoms with van der Waals surface area (Å²) in [6.45, 7) is 2.37. The lowest BCUT2D eigenvalue weighted by Gasteiger charge is -2.22. The molecule has 16 heavy (non-hydrogen) atoms. The first-order valence-corrected chi connectivity index (χ1v) is 6.16. The number of piperidine rings is 1. The van der Waals surface area contributed by atoms with Gasteiger partial charge in [-0.3, -0.25) is 0 Å². The lowest BCUT2D eigenvalue weighted by atomic mass is 9.92. The summed E-state index contributed by atoms with van der Waals surface area (Å²) in [6.07, 6.45) is 3.97. The molecule has 1 atom stereocenters. The van der Waals surface area contributed by atoms with Gasteiger partial charge in [0.25, 0.3) is 0 Å².